The topological polar surface area (TPSA) is 12.0 Å². The van der Waals surface area contributed by atoms with Gasteiger partial charge in [-0.05, 0) is 83.4 Å². The highest BCUT2D eigenvalue weighted by molar-refractivity contribution is 14.1. The Bertz CT molecular complexity index is 563. The van der Waals surface area contributed by atoms with Crippen LogP contribution in [0.25, 0.3) is 0 Å². The Labute approximate surface area is 133 Å². The molecule has 2 rings (SSSR count). The van der Waals surface area contributed by atoms with Gasteiger partial charge in [0.2, 0.25) is 0 Å². The van der Waals surface area contributed by atoms with Crippen molar-refractivity contribution in [1.29, 1.82) is 0 Å². The van der Waals surface area contributed by atoms with E-state index in [1.165, 1.54) is 9.13 Å². The van der Waals surface area contributed by atoms with E-state index in [0.717, 1.165) is 24.1 Å². The van der Waals surface area contributed by atoms with Crippen LogP contribution in [0.5, 0.6) is 0 Å². The first-order valence-electron chi connectivity index (χ1n) is 6.86. The molecule has 106 valence electrons. The average Bonchev–Trinajstić information content (AvgIpc) is 2.38. The van der Waals surface area contributed by atoms with Crippen molar-refractivity contribution in [3.8, 4) is 0 Å². The SMILES string of the molecule is CCCNC(c1cc(C)cc(F)c1)c1cccc(I)c1. The Morgan fingerprint density at radius 1 is 1.15 bits per heavy atom. The molecule has 20 heavy (non-hydrogen) atoms. The third kappa shape index (κ3) is 4.03. The van der Waals surface area contributed by atoms with Gasteiger partial charge in [0.25, 0.3) is 0 Å². The summed E-state index contributed by atoms with van der Waals surface area (Å²) < 4.78 is 14.9. The van der Waals surface area contributed by atoms with Crippen molar-refractivity contribution in [3.63, 3.8) is 0 Å². The fourth-order valence-corrected chi connectivity index (χ4v) is 2.90. The van der Waals surface area contributed by atoms with Crippen LogP contribution in [-0.4, -0.2) is 6.54 Å². The molecule has 0 saturated carbocycles. The number of hydrogen-bond acceptors (Lipinski definition) is 1. The Balaban J connectivity index is 2.41. The summed E-state index contributed by atoms with van der Waals surface area (Å²) in [5.74, 6) is -0.172. The summed E-state index contributed by atoms with van der Waals surface area (Å²) in [5, 5.41) is 3.51. The zero-order chi connectivity index (χ0) is 14.5. The van der Waals surface area contributed by atoms with Crippen LogP contribution < -0.4 is 5.32 Å². The number of benzene rings is 2. The lowest BCUT2D eigenvalue weighted by Crippen LogP contribution is -2.23. The molecule has 1 atom stereocenters. The minimum atomic E-state index is -0.172. The van der Waals surface area contributed by atoms with Crippen molar-refractivity contribution in [2.24, 2.45) is 0 Å². The van der Waals surface area contributed by atoms with Crippen molar-refractivity contribution in [2.75, 3.05) is 6.54 Å². The molecule has 0 amide bonds. The molecular formula is C17H19FIN. The van der Waals surface area contributed by atoms with Gasteiger partial charge >= 0.3 is 0 Å². The van der Waals surface area contributed by atoms with Gasteiger partial charge in [-0.25, -0.2) is 4.39 Å². The second-order valence-electron chi connectivity index (χ2n) is 5.00. The van der Waals surface area contributed by atoms with Crippen molar-refractivity contribution >= 4 is 22.6 Å². The summed E-state index contributed by atoms with van der Waals surface area (Å²) in [7, 11) is 0. The number of nitrogens with one attached hydrogen (secondary N) is 1. The number of aryl methyl sites for hydroxylation is 1. The summed E-state index contributed by atoms with van der Waals surface area (Å²) in [5.41, 5.74) is 3.11. The van der Waals surface area contributed by atoms with E-state index in [2.05, 4.69) is 59.1 Å². The molecule has 0 fully saturated rings. The largest absolute Gasteiger partial charge is 0.306 e. The molecule has 0 aliphatic heterocycles. The van der Waals surface area contributed by atoms with E-state index in [1.54, 1.807) is 12.1 Å². The van der Waals surface area contributed by atoms with Crippen molar-refractivity contribution in [3.05, 3.63) is 68.5 Å². The normalized spacial score (nSPS) is 12.4. The molecular weight excluding hydrogens is 364 g/mol. The first-order valence-corrected chi connectivity index (χ1v) is 7.94. The smallest absolute Gasteiger partial charge is 0.123 e. The summed E-state index contributed by atoms with van der Waals surface area (Å²) in [6.45, 7) is 4.97. The van der Waals surface area contributed by atoms with Crippen molar-refractivity contribution < 1.29 is 4.39 Å². The third-order valence-electron chi connectivity index (χ3n) is 3.18. The lowest BCUT2D eigenvalue weighted by Gasteiger charge is -2.20. The summed E-state index contributed by atoms with van der Waals surface area (Å²) in [6.07, 6.45) is 1.05. The highest BCUT2D eigenvalue weighted by atomic mass is 127. The van der Waals surface area contributed by atoms with Gasteiger partial charge in [0.05, 0.1) is 6.04 Å². The zero-order valence-corrected chi connectivity index (χ0v) is 13.9. The number of halogens is 2. The van der Waals surface area contributed by atoms with E-state index in [0.29, 0.717) is 0 Å². The minimum absolute atomic E-state index is 0.0408. The van der Waals surface area contributed by atoms with E-state index in [4.69, 9.17) is 0 Å². The molecule has 0 heterocycles. The van der Waals surface area contributed by atoms with Gasteiger partial charge in [-0.3, -0.25) is 0 Å². The lowest BCUT2D eigenvalue weighted by molar-refractivity contribution is 0.584. The molecule has 0 aromatic heterocycles. The first-order chi connectivity index (χ1) is 9.60. The van der Waals surface area contributed by atoms with Crippen LogP contribution in [0.1, 0.15) is 36.1 Å². The lowest BCUT2D eigenvalue weighted by atomic mass is 9.97. The van der Waals surface area contributed by atoms with E-state index >= 15 is 0 Å². The molecule has 2 aromatic carbocycles. The maximum Gasteiger partial charge on any atom is 0.123 e. The van der Waals surface area contributed by atoms with Crippen LogP contribution >= 0.6 is 22.6 Å². The standard InChI is InChI=1S/C17H19FIN/c1-3-7-20-17(13-5-4-6-16(19)11-13)14-8-12(2)9-15(18)10-14/h4-6,8-11,17,20H,3,7H2,1-2H3. The van der Waals surface area contributed by atoms with Crippen LogP contribution in [0.2, 0.25) is 0 Å². The molecule has 0 spiro atoms. The Hall–Kier alpha value is -0.940. The Kier molecular flexibility index (Phi) is 5.54. The van der Waals surface area contributed by atoms with Crippen molar-refractivity contribution in [2.45, 2.75) is 26.3 Å². The maximum absolute atomic E-state index is 13.7. The molecule has 0 bridgehead atoms. The van der Waals surface area contributed by atoms with Gasteiger partial charge in [-0.15, -0.1) is 0 Å². The maximum atomic E-state index is 13.7. The molecule has 1 N–H and O–H groups in total. The van der Waals surface area contributed by atoms with Gasteiger partial charge in [-0.1, -0.05) is 25.1 Å². The molecule has 0 saturated heterocycles. The minimum Gasteiger partial charge on any atom is -0.306 e. The number of rotatable bonds is 5. The molecule has 2 aromatic rings. The number of hydrogen-bond donors (Lipinski definition) is 1. The zero-order valence-electron chi connectivity index (χ0n) is 11.8. The predicted molar refractivity (Wildman–Crippen MR) is 90.4 cm³/mol. The monoisotopic (exact) mass is 383 g/mol. The molecule has 0 radical (unpaired) electrons. The van der Waals surface area contributed by atoms with Gasteiger partial charge < -0.3 is 5.32 Å². The fourth-order valence-electron chi connectivity index (χ4n) is 2.33. The molecule has 0 aliphatic rings. The third-order valence-corrected chi connectivity index (χ3v) is 3.85. The summed E-state index contributed by atoms with van der Waals surface area (Å²) in [4.78, 5) is 0. The van der Waals surface area contributed by atoms with Crippen LogP contribution in [0, 0.1) is 16.3 Å². The van der Waals surface area contributed by atoms with Crippen LogP contribution in [-0.2, 0) is 0 Å². The highest BCUT2D eigenvalue weighted by Crippen LogP contribution is 2.25. The second kappa shape index (κ2) is 7.18. The summed E-state index contributed by atoms with van der Waals surface area (Å²) in [6, 6.07) is 13.6. The average molecular weight is 383 g/mol. The highest BCUT2D eigenvalue weighted by Gasteiger charge is 2.14. The molecule has 3 heteroatoms. The molecule has 1 nitrogen and oxygen atoms in total. The van der Waals surface area contributed by atoms with Crippen LogP contribution in [0.4, 0.5) is 4.39 Å². The van der Waals surface area contributed by atoms with Gasteiger partial charge in [-0.2, -0.15) is 0 Å². The van der Waals surface area contributed by atoms with Gasteiger partial charge in [0.15, 0.2) is 0 Å². The van der Waals surface area contributed by atoms with E-state index in [9.17, 15) is 4.39 Å². The van der Waals surface area contributed by atoms with Gasteiger partial charge in [0, 0.05) is 3.57 Å². The van der Waals surface area contributed by atoms with Crippen LogP contribution in [0.15, 0.2) is 42.5 Å². The Morgan fingerprint density at radius 3 is 2.60 bits per heavy atom. The summed E-state index contributed by atoms with van der Waals surface area (Å²) >= 11 is 2.31. The van der Waals surface area contributed by atoms with E-state index in [1.807, 2.05) is 13.0 Å². The van der Waals surface area contributed by atoms with Gasteiger partial charge in [0.1, 0.15) is 5.82 Å². The first kappa shape index (κ1) is 15.4. The van der Waals surface area contributed by atoms with E-state index < -0.39 is 0 Å². The second-order valence-corrected chi connectivity index (χ2v) is 6.25. The Morgan fingerprint density at radius 2 is 1.95 bits per heavy atom. The fraction of sp³-hybridized carbons (Fsp3) is 0.294. The quantitative estimate of drug-likeness (QED) is 0.730. The molecule has 1 unspecified atom stereocenters. The molecule has 0 aliphatic carbocycles. The predicted octanol–water partition coefficient (Wildman–Crippen LogP) is 4.83. The van der Waals surface area contributed by atoms with Crippen LogP contribution in [0.3, 0.4) is 0 Å². The van der Waals surface area contributed by atoms with Crippen molar-refractivity contribution in [1.82, 2.24) is 5.32 Å². The van der Waals surface area contributed by atoms with E-state index in [-0.39, 0.29) is 11.9 Å².